The fourth-order valence-electron chi connectivity index (χ4n) is 1.89. The molecule has 0 atom stereocenters. The number of unbranched alkanes of at least 4 members (excludes halogenated alkanes) is 3. The Hall–Kier alpha value is -2.78. The molecule has 1 aromatic carbocycles. The number of hydrogen-bond donors (Lipinski definition) is 3. The molecule has 0 radical (unpaired) electrons. The number of carbonyl (C=O) groups excluding carboxylic acids is 2. The molecule has 0 fully saturated rings. The minimum absolute atomic E-state index is 0.309. The number of hydrogen-bond acceptors (Lipinski definition) is 3. The van der Waals surface area contributed by atoms with Crippen LogP contribution in [0.1, 0.15) is 25.7 Å². The van der Waals surface area contributed by atoms with Gasteiger partial charge in [-0.25, -0.2) is 9.18 Å². The Morgan fingerprint density at radius 1 is 1.12 bits per heavy atom. The third kappa shape index (κ3) is 9.50. The highest BCUT2D eigenvalue weighted by atomic mass is 19.4. The summed E-state index contributed by atoms with van der Waals surface area (Å²) < 4.78 is 52.6. The van der Waals surface area contributed by atoms with Crippen LogP contribution in [0.25, 0.3) is 0 Å². The summed E-state index contributed by atoms with van der Waals surface area (Å²) in [7, 11) is 0. The van der Waals surface area contributed by atoms with Crippen LogP contribution in [0.4, 0.5) is 28.0 Å². The average molecular weight is 377 g/mol. The maximum absolute atomic E-state index is 12.8. The number of nitrogens with one attached hydrogen (secondary N) is 2. The number of alkyl halides is 3. The Balaban J connectivity index is 2.20. The fourth-order valence-corrected chi connectivity index (χ4v) is 1.89. The third-order valence-electron chi connectivity index (χ3n) is 3.07. The number of carbonyl (C=O) groups is 2. The predicted molar refractivity (Wildman–Crippen MR) is 87.0 cm³/mol. The van der Waals surface area contributed by atoms with Crippen molar-refractivity contribution < 1.29 is 31.9 Å². The van der Waals surface area contributed by atoms with E-state index in [9.17, 15) is 27.2 Å². The Morgan fingerprint density at radius 2 is 1.77 bits per heavy atom. The lowest BCUT2D eigenvalue weighted by molar-refractivity contribution is -0.274. The van der Waals surface area contributed by atoms with Gasteiger partial charge in [0.25, 0.3) is 5.91 Å². The van der Waals surface area contributed by atoms with Gasteiger partial charge in [0.1, 0.15) is 5.75 Å². The van der Waals surface area contributed by atoms with Crippen LogP contribution < -0.4 is 21.1 Å². The van der Waals surface area contributed by atoms with Gasteiger partial charge in [0.2, 0.25) is 0 Å². The molecule has 6 nitrogen and oxygen atoms in total. The normalized spacial score (nSPS) is 11.8. The average Bonchev–Trinajstić information content (AvgIpc) is 2.54. The Kier molecular flexibility index (Phi) is 8.40. The summed E-state index contributed by atoms with van der Waals surface area (Å²) in [6.45, 7) is 0.364. The fraction of sp³-hybridized carbons (Fsp3) is 0.375. The molecule has 0 heterocycles. The summed E-state index contributed by atoms with van der Waals surface area (Å²) in [4.78, 5) is 22.1. The van der Waals surface area contributed by atoms with Crippen LogP contribution in [0.2, 0.25) is 0 Å². The zero-order chi connectivity index (χ0) is 19.6. The first-order chi connectivity index (χ1) is 12.2. The van der Waals surface area contributed by atoms with E-state index in [-0.39, 0.29) is 5.75 Å². The van der Waals surface area contributed by atoms with E-state index < -0.39 is 24.1 Å². The molecular formula is C16H19F4N3O3. The van der Waals surface area contributed by atoms with Crippen molar-refractivity contribution in [2.24, 2.45) is 5.73 Å². The second-order valence-corrected chi connectivity index (χ2v) is 5.22. The highest BCUT2D eigenvalue weighted by Gasteiger charge is 2.30. The minimum Gasteiger partial charge on any atom is -0.406 e. The molecule has 0 aliphatic heterocycles. The van der Waals surface area contributed by atoms with Crippen LogP contribution in [0.15, 0.2) is 36.2 Å². The second-order valence-electron chi connectivity index (χ2n) is 5.22. The molecule has 10 heteroatoms. The highest BCUT2D eigenvalue weighted by Crippen LogP contribution is 2.23. The van der Waals surface area contributed by atoms with Gasteiger partial charge < -0.3 is 21.1 Å². The molecule has 1 aromatic rings. The standard InChI is InChI=1S/C16H19F4N3O3/c17-13(14(21)24)5-3-1-2-4-10-22-15(25)23-11-6-8-12(9-7-11)26-16(18,19)20/h5-9H,1-4,10H2,(H2,21,24)(H2,22,23,25). The maximum Gasteiger partial charge on any atom is 0.573 e. The molecule has 4 N–H and O–H groups in total. The number of urea groups is 1. The lowest BCUT2D eigenvalue weighted by Gasteiger charge is -2.10. The van der Waals surface area contributed by atoms with Gasteiger partial charge in [-0.2, -0.15) is 0 Å². The molecule has 0 aliphatic rings. The lowest BCUT2D eigenvalue weighted by atomic mass is 10.2. The first-order valence-electron chi connectivity index (χ1n) is 7.73. The summed E-state index contributed by atoms with van der Waals surface area (Å²) >= 11 is 0. The van der Waals surface area contributed by atoms with Crippen molar-refractivity contribution in [2.45, 2.75) is 32.0 Å². The van der Waals surface area contributed by atoms with Gasteiger partial charge in [0, 0.05) is 12.2 Å². The Morgan fingerprint density at radius 3 is 2.35 bits per heavy atom. The van der Waals surface area contributed by atoms with E-state index in [4.69, 9.17) is 5.73 Å². The SMILES string of the molecule is NC(=O)C(F)=CCCCCCNC(=O)Nc1ccc(OC(F)(F)F)cc1. The number of benzene rings is 1. The maximum atomic E-state index is 12.8. The molecule has 0 spiro atoms. The van der Waals surface area contributed by atoms with Crippen LogP contribution in [0.3, 0.4) is 0 Å². The predicted octanol–water partition coefficient (Wildman–Crippen LogP) is 3.61. The molecule has 0 saturated heterocycles. The van der Waals surface area contributed by atoms with Crippen molar-refractivity contribution in [3.63, 3.8) is 0 Å². The topological polar surface area (TPSA) is 93.5 Å². The number of primary amides is 1. The summed E-state index contributed by atoms with van der Waals surface area (Å²) in [6, 6.07) is 4.22. The first-order valence-corrected chi connectivity index (χ1v) is 7.73. The van der Waals surface area contributed by atoms with E-state index in [0.717, 1.165) is 18.2 Å². The molecule has 0 unspecified atom stereocenters. The van der Waals surface area contributed by atoms with Crippen molar-refractivity contribution in [2.75, 3.05) is 11.9 Å². The zero-order valence-electron chi connectivity index (χ0n) is 13.7. The third-order valence-corrected chi connectivity index (χ3v) is 3.07. The van der Waals surface area contributed by atoms with Crippen LogP contribution in [-0.4, -0.2) is 24.8 Å². The molecule has 0 aliphatic carbocycles. The molecular weight excluding hydrogens is 358 g/mol. The van der Waals surface area contributed by atoms with Gasteiger partial charge in [-0.15, -0.1) is 13.2 Å². The van der Waals surface area contributed by atoms with Crippen molar-refractivity contribution in [1.82, 2.24) is 5.32 Å². The summed E-state index contributed by atoms with van der Waals surface area (Å²) in [5.74, 6) is -2.44. The molecule has 3 amide bonds. The van der Waals surface area contributed by atoms with E-state index in [1.165, 1.54) is 12.1 Å². The summed E-state index contributed by atoms with van der Waals surface area (Å²) in [6.07, 6.45) is -1.32. The molecule has 0 bridgehead atoms. The van der Waals surface area contributed by atoms with E-state index in [0.29, 0.717) is 37.9 Å². The lowest BCUT2D eigenvalue weighted by Crippen LogP contribution is -2.29. The quantitative estimate of drug-likeness (QED) is 0.349. The molecule has 144 valence electrons. The monoisotopic (exact) mass is 377 g/mol. The highest BCUT2D eigenvalue weighted by molar-refractivity contribution is 5.89. The van der Waals surface area contributed by atoms with Gasteiger partial charge in [-0.3, -0.25) is 4.79 Å². The van der Waals surface area contributed by atoms with Crippen LogP contribution in [-0.2, 0) is 4.79 Å². The molecule has 0 saturated carbocycles. The molecule has 0 aromatic heterocycles. The number of nitrogens with two attached hydrogens (primary N) is 1. The van der Waals surface area contributed by atoms with E-state index in [1.54, 1.807) is 0 Å². The Labute approximate surface area is 147 Å². The first kappa shape index (κ1) is 21.3. The molecule has 1 rings (SSSR count). The van der Waals surface area contributed by atoms with Crippen molar-refractivity contribution in [1.29, 1.82) is 0 Å². The number of ether oxygens (including phenoxy) is 1. The largest absolute Gasteiger partial charge is 0.573 e. The number of anilines is 1. The number of amides is 3. The summed E-state index contributed by atoms with van der Waals surface area (Å²) in [5.41, 5.74) is 5.05. The van der Waals surface area contributed by atoms with Gasteiger partial charge in [-0.1, -0.05) is 6.42 Å². The molecule has 26 heavy (non-hydrogen) atoms. The number of halogens is 4. The van der Waals surface area contributed by atoms with Gasteiger partial charge in [0.15, 0.2) is 5.83 Å². The van der Waals surface area contributed by atoms with Crippen molar-refractivity contribution >= 4 is 17.6 Å². The number of rotatable bonds is 9. The number of allylic oxidation sites excluding steroid dienone is 1. The van der Waals surface area contributed by atoms with Crippen LogP contribution in [0.5, 0.6) is 5.75 Å². The van der Waals surface area contributed by atoms with Crippen LogP contribution >= 0.6 is 0 Å². The van der Waals surface area contributed by atoms with Crippen molar-refractivity contribution in [3.8, 4) is 5.75 Å². The van der Waals surface area contributed by atoms with Crippen LogP contribution in [0, 0.1) is 0 Å². The van der Waals surface area contributed by atoms with Gasteiger partial charge in [-0.05, 0) is 49.6 Å². The zero-order valence-corrected chi connectivity index (χ0v) is 13.7. The Bertz CT molecular complexity index is 631. The second kappa shape index (κ2) is 10.3. The van der Waals surface area contributed by atoms with Crippen molar-refractivity contribution in [3.05, 3.63) is 36.2 Å². The van der Waals surface area contributed by atoms with Gasteiger partial charge >= 0.3 is 12.4 Å². The van der Waals surface area contributed by atoms with E-state index in [2.05, 4.69) is 15.4 Å². The van der Waals surface area contributed by atoms with Gasteiger partial charge in [0.05, 0.1) is 0 Å². The minimum atomic E-state index is -4.77. The smallest absolute Gasteiger partial charge is 0.406 e. The summed E-state index contributed by atoms with van der Waals surface area (Å²) in [5, 5.41) is 5.04. The van der Waals surface area contributed by atoms with E-state index >= 15 is 0 Å². The van der Waals surface area contributed by atoms with E-state index in [1.807, 2.05) is 0 Å².